The number of hydrogen-bond donors (Lipinski definition) is 2. The first-order valence-electron chi connectivity index (χ1n) is 18.1. The van der Waals surface area contributed by atoms with E-state index in [1.54, 1.807) is 0 Å². The molecule has 1 fully saturated rings. The van der Waals surface area contributed by atoms with Gasteiger partial charge in [0.1, 0.15) is 24.1 Å². The molecule has 288 valence electrons. The van der Waals surface area contributed by atoms with E-state index in [2.05, 4.69) is 0 Å². The van der Waals surface area contributed by atoms with Crippen LogP contribution in [0.2, 0.25) is 0 Å². The molecule has 6 rings (SSSR count). The molecule has 0 saturated carbocycles. The number of benzene rings is 5. The Bertz CT molecular complexity index is 1900. The van der Waals surface area contributed by atoms with Gasteiger partial charge in [0.25, 0.3) is 0 Å². The van der Waals surface area contributed by atoms with Crippen molar-refractivity contribution in [2.45, 2.75) is 80.6 Å². The molecule has 0 aromatic heterocycles. The van der Waals surface area contributed by atoms with Crippen LogP contribution in [0.15, 0.2) is 161 Å². The molecule has 0 bridgehead atoms. The Morgan fingerprint density at radius 2 is 1.07 bits per heavy atom. The highest BCUT2D eigenvalue weighted by Crippen LogP contribution is 2.39. The van der Waals surface area contributed by atoms with Gasteiger partial charge in [0.05, 0.1) is 42.6 Å². The van der Waals surface area contributed by atoms with E-state index in [9.17, 15) is 24.0 Å². The predicted octanol–water partition coefficient (Wildman–Crippen LogP) is 6.86. The summed E-state index contributed by atoms with van der Waals surface area (Å²) in [5.41, 5.74) is -1.66. The molecule has 5 atom stereocenters. The first-order chi connectivity index (χ1) is 26.5. The minimum absolute atomic E-state index is 0.0110. The van der Waals surface area contributed by atoms with Gasteiger partial charge in [-0.15, -0.1) is 0 Å². The summed E-state index contributed by atoms with van der Waals surface area (Å²) in [4.78, 5) is 28.0. The lowest BCUT2D eigenvalue weighted by molar-refractivity contribution is -0.335. The Kier molecular flexibility index (Phi) is 14.9. The Hall–Kier alpha value is -4.65. The van der Waals surface area contributed by atoms with E-state index in [0.29, 0.717) is 0 Å². The smallest absolute Gasteiger partial charge is 0.203 e. The molecule has 10 heteroatoms. The van der Waals surface area contributed by atoms with Crippen LogP contribution < -0.4 is 0 Å². The van der Waals surface area contributed by atoms with Crippen molar-refractivity contribution in [3.05, 3.63) is 168 Å². The third-order valence-corrected chi connectivity index (χ3v) is 10.9. The van der Waals surface area contributed by atoms with E-state index in [-0.39, 0.29) is 26.4 Å². The van der Waals surface area contributed by atoms with Crippen LogP contribution in [0.1, 0.15) is 37.5 Å². The zero-order valence-electron chi connectivity index (χ0n) is 31.2. The summed E-state index contributed by atoms with van der Waals surface area (Å²) in [5.74, 6) is -1.39. The quantitative estimate of drug-likeness (QED) is 0.110. The van der Waals surface area contributed by atoms with E-state index in [1.165, 1.54) is 20.8 Å². The van der Waals surface area contributed by atoms with Crippen LogP contribution in [0.5, 0.6) is 0 Å². The number of aliphatic hydroxyl groups is 2. The maximum absolute atomic E-state index is 13.9. The SMILES string of the molecule is CC(=O)C(C)(C)C(=O)[C@]1(O)[C@H](O)O[C@H](COCc2ccccc2)[C@@H](OCc2ccccc2)[C@@H]1OCc1ccccc1.O=S(c1ccccc1)c1ccccc1. The largest absolute Gasteiger partial charge is 0.375 e. The predicted molar refractivity (Wildman–Crippen MR) is 209 cm³/mol. The van der Waals surface area contributed by atoms with Gasteiger partial charge in [-0.3, -0.25) is 9.59 Å². The molecule has 0 aliphatic carbocycles. The van der Waals surface area contributed by atoms with Gasteiger partial charge in [0, 0.05) is 9.79 Å². The highest BCUT2D eigenvalue weighted by atomic mass is 32.2. The molecule has 0 unspecified atom stereocenters. The van der Waals surface area contributed by atoms with Gasteiger partial charge in [-0.2, -0.15) is 0 Å². The minimum Gasteiger partial charge on any atom is -0.375 e. The Labute approximate surface area is 325 Å². The van der Waals surface area contributed by atoms with Crippen molar-refractivity contribution in [3.63, 3.8) is 0 Å². The first kappa shape index (κ1) is 41.5. The summed E-state index contributed by atoms with van der Waals surface area (Å²) in [6.45, 7) is 4.47. The highest BCUT2D eigenvalue weighted by Gasteiger charge is 2.64. The fourth-order valence-electron chi connectivity index (χ4n) is 6.00. The lowest BCUT2D eigenvalue weighted by Crippen LogP contribution is -2.73. The lowest BCUT2D eigenvalue weighted by Gasteiger charge is -2.50. The topological polar surface area (TPSA) is 129 Å². The fourth-order valence-corrected chi connectivity index (χ4v) is 7.08. The van der Waals surface area contributed by atoms with Crippen molar-refractivity contribution < 1.29 is 43.0 Å². The summed E-state index contributed by atoms with van der Waals surface area (Å²) in [6, 6.07) is 47.2. The normalized spacial score (nSPS) is 21.0. The van der Waals surface area contributed by atoms with Crippen LogP contribution in [0.4, 0.5) is 0 Å². The lowest BCUT2D eigenvalue weighted by atomic mass is 9.71. The number of ketones is 2. The van der Waals surface area contributed by atoms with Crippen LogP contribution in [0, 0.1) is 5.41 Å². The van der Waals surface area contributed by atoms with Crippen molar-refractivity contribution >= 4 is 22.4 Å². The molecule has 0 radical (unpaired) electrons. The Morgan fingerprint density at radius 3 is 1.51 bits per heavy atom. The number of carbonyl (C=O) groups is 2. The molecule has 1 aliphatic rings. The van der Waals surface area contributed by atoms with Gasteiger partial charge in [-0.25, -0.2) is 4.21 Å². The van der Waals surface area contributed by atoms with Crippen molar-refractivity contribution in [1.29, 1.82) is 0 Å². The second-order valence-corrected chi connectivity index (χ2v) is 15.2. The third-order valence-electron chi connectivity index (χ3n) is 9.46. The van der Waals surface area contributed by atoms with Crippen molar-refractivity contribution in [1.82, 2.24) is 0 Å². The van der Waals surface area contributed by atoms with Crippen LogP contribution in [-0.4, -0.2) is 62.8 Å². The van der Waals surface area contributed by atoms with Gasteiger partial charge in [-0.05, 0) is 61.7 Å². The third kappa shape index (κ3) is 10.8. The van der Waals surface area contributed by atoms with E-state index >= 15 is 0 Å². The van der Waals surface area contributed by atoms with Crippen molar-refractivity contribution in [3.8, 4) is 0 Å². The zero-order chi connectivity index (χ0) is 39.3. The number of aliphatic hydroxyl groups excluding tert-OH is 1. The van der Waals surface area contributed by atoms with E-state index in [0.717, 1.165) is 26.5 Å². The van der Waals surface area contributed by atoms with E-state index in [4.69, 9.17) is 18.9 Å². The van der Waals surface area contributed by atoms with Gasteiger partial charge >= 0.3 is 0 Å². The number of ether oxygens (including phenoxy) is 4. The molecule has 5 aromatic rings. The van der Waals surface area contributed by atoms with Gasteiger partial charge < -0.3 is 29.2 Å². The molecule has 0 amide bonds. The molecular formula is C45H48O9S. The number of carbonyl (C=O) groups excluding carboxylic acids is 2. The van der Waals surface area contributed by atoms with Gasteiger partial charge in [0.15, 0.2) is 12.1 Å². The van der Waals surface area contributed by atoms with E-state index in [1.807, 2.05) is 152 Å². The summed E-state index contributed by atoms with van der Waals surface area (Å²) in [5, 5.41) is 23.2. The maximum atomic E-state index is 13.9. The second kappa shape index (κ2) is 19.8. The van der Waals surface area contributed by atoms with Crippen molar-refractivity contribution in [2.24, 2.45) is 5.41 Å². The average Bonchev–Trinajstić information content (AvgIpc) is 3.22. The number of hydrogen-bond acceptors (Lipinski definition) is 9. The summed E-state index contributed by atoms with van der Waals surface area (Å²) >= 11 is 0. The molecule has 2 N–H and O–H groups in total. The number of rotatable bonds is 15. The molecule has 55 heavy (non-hydrogen) atoms. The first-order valence-corrected chi connectivity index (χ1v) is 19.2. The second-order valence-electron chi connectivity index (χ2n) is 13.7. The van der Waals surface area contributed by atoms with Crippen LogP contribution in [0.3, 0.4) is 0 Å². The Balaban J connectivity index is 0.000000345. The van der Waals surface area contributed by atoms with Crippen LogP contribution in [0.25, 0.3) is 0 Å². The standard InChI is InChI=1S/C33H38O8.C12H10OS/c1-23(34)32(2,3)30(35)33(37)29(40-21-26-17-11-6-12-18-26)28(39-20-25-15-9-5-10-16-25)27(41-31(33)36)22-38-19-24-13-7-4-8-14-24;13-14(11-7-3-1-4-8-11)12-9-5-2-6-10-12/h4-18,27-29,31,36-37H,19-22H2,1-3H3;1-10H/t27-,28-,29+,31-,33+;/m1./s1. The van der Waals surface area contributed by atoms with Crippen molar-refractivity contribution in [2.75, 3.05) is 6.61 Å². The summed E-state index contributed by atoms with van der Waals surface area (Å²) in [7, 11) is -1.05. The van der Waals surface area contributed by atoms with E-state index < -0.39 is 58.0 Å². The average molecular weight is 765 g/mol. The number of Topliss-reactive ketones (excluding diaryl/α,β-unsaturated/α-hetero) is 2. The Morgan fingerprint density at radius 1 is 0.673 bits per heavy atom. The molecule has 1 aliphatic heterocycles. The zero-order valence-corrected chi connectivity index (χ0v) is 32.0. The molecule has 1 saturated heterocycles. The fraction of sp³-hybridized carbons (Fsp3) is 0.289. The molecule has 1 heterocycles. The summed E-state index contributed by atoms with van der Waals surface area (Å²) in [6.07, 6.45) is -5.36. The maximum Gasteiger partial charge on any atom is 0.203 e. The van der Waals surface area contributed by atoms with Crippen LogP contribution in [-0.2, 0) is 59.2 Å². The molecular weight excluding hydrogens is 717 g/mol. The highest BCUT2D eigenvalue weighted by molar-refractivity contribution is 7.85. The summed E-state index contributed by atoms with van der Waals surface area (Å²) < 4.78 is 36.3. The minimum atomic E-state index is -2.61. The van der Waals surface area contributed by atoms with Crippen LogP contribution >= 0.6 is 0 Å². The van der Waals surface area contributed by atoms with Gasteiger partial charge in [-0.1, -0.05) is 127 Å². The molecule has 9 nitrogen and oxygen atoms in total. The van der Waals surface area contributed by atoms with Gasteiger partial charge in [0.2, 0.25) is 5.60 Å². The molecule has 5 aromatic carbocycles. The molecule has 0 spiro atoms. The monoisotopic (exact) mass is 764 g/mol.